The Kier molecular flexibility index (Phi) is 5.68. The maximum absolute atomic E-state index is 13.0. The van der Waals surface area contributed by atoms with Gasteiger partial charge in [-0.15, -0.1) is 0 Å². The van der Waals surface area contributed by atoms with Crippen LogP contribution in [0.4, 0.5) is 0 Å². The van der Waals surface area contributed by atoms with Crippen molar-refractivity contribution in [3.63, 3.8) is 0 Å². The van der Waals surface area contributed by atoms with Crippen LogP contribution in [-0.2, 0) is 29.7 Å². The quantitative estimate of drug-likeness (QED) is 0.274. The van der Waals surface area contributed by atoms with E-state index in [-0.39, 0.29) is 18.4 Å². The molecule has 3 saturated heterocycles. The molecule has 2 aromatic rings. The van der Waals surface area contributed by atoms with Crippen LogP contribution in [0.2, 0.25) is 0 Å². The van der Waals surface area contributed by atoms with Gasteiger partial charge in [-0.3, -0.25) is 0 Å². The van der Waals surface area contributed by atoms with Crippen molar-refractivity contribution in [2.24, 2.45) is 23.7 Å². The van der Waals surface area contributed by atoms with E-state index < -0.39 is 70.6 Å². The molecular formula is C34H38O9. The molecule has 3 aliphatic carbocycles. The molecule has 3 saturated carbocycles. The van der Waals surface area contributed by atoms with E-state index in [2.05, 4.69) is 13.5 Å². The third kappa shape index (κ3) is 3.23. The zero-order valence-corrected chi connectivity index (χ0v) is 24.5. The number of esters is 1. The van der Waals surface area contributed by atoms with Crippen LogP contribution in [0, 0.1) is 23.7 Å². The van der Waals surface area contributed by atoms with E-state index in [0.717, 1.165) is 5.57 Å². The number of aliphatic hydroxyl groups is 3. The molecule has 228 valence electrons. The second-order valence-corrected chi connectivity index (χ2v) is 13.8. The lowest BCUT2D eigenvalue weighted by molar-refractivity contribution is -0.443. The van der Waals surface area contributed by atoms with Crippen LogP contribution in [0.1, 0.15) is 49.5 Å². The van der Waals surface area contributed by atoms with Gasteiger partial charge >= 0.3 is 11.9 Å². The fourth-order valence-corrected chi connectivity index (χ4v) is 9.58. The number of ether oxygens (including phenoxy) is 5. The van der Waals surface area contributed by atoms with Gasteiger partial charge in [-0.1, -0.05) is 69.0 Å². The van der Waals surface area contributed by atoms with Crippen molar-refractivity contribution in [1.29, 1.82) is 0 Å². The van der Waals surface area contributed by atoms with Crippen LogP contribution in [0.25, 0.3) is 0 Å². The smallest absolute Gasteiger partial charge is 0.338 e. The Morgan fingerprint density at radius 2 is 1.67 bits per heavy atom. The van der Waals surface area contributed by atoms with Crippen molar-refractivity contribution in [3.05, 3.63) is 83.9 Å². The topological polar surface area (TPSA) is 127 Å². The molecule has 6 fully saturated rings. The number of carbonyl (C=O) groups excluding carboxylic acids is 1. The number of rotatable bonds is 5. The molecule has 3 heterocycles. The molecule has 6 aliphatic rings. The van der Waals surface area contributed by atoms with Crippen molar-refractivity contribution >= 4 is 5.97 Å². The molecule has 3 aliphatic heterocycles. The molecule has 8 rings (SSSR count). The molecule has 3 bridgehead atoms. The van der Waals surface area contributed by atoms with Gasteiger partial charge in [0.15, 0.2) is 5.60 Å². The summed E-state index contributed by atoms with van der Waals surface area (Å²) in [7, 11) is 0. The minimum Gasteiger partial charge on any atom is -0.459 e. The molecule has 3 N–H and O–H groups in total. The first-order valence-electron chi connectivity index (χ1n) is 15.2. The molecule has 43 heavy (non-hydrogen) atoms. The van der Waals surface area contributed by atoms with E-state index in [1.807, 2.05) is 44.2 Å². The molecule has 0 aromatic heterocycles. The number of epoxide rings is 1. The normalized spacial score (nSPS) is 50.3. The van der Waals surface area contributed by atoms with Gasteiger partial charge in [-0.05, 0) is 49.3 Å². The first-order chi connectivity index (χ1) is 20.5. The van der Waals surface area contributed by atoms with Gasteiger partial charge in [0.1, 0.15) is 36.1 Å². The van der Waals surface area contributed by atoms with Crippen LogP contribution < -0.4 is 0 Å². The third-order valence-corrected chi connectivity index (χ3v) is 11.6. The van der Waals surface area contributed by atoms with Crippen LogP contribution in [0.3, 0.4) is 0 Å². The van der Waals surface area contributed by atoms with Crippen molar-refractivity contribution < 1.29 is 43.8 Å². The zero-order chi connectivity index (χ0) is 30.2. The van der Waals surface area contributed by atoms with Gasteiger partial charge in [-0.2, -0.15) is 0 Å². The number of hydrogen-bond acceptors (Lipinski definition) is 9. The van der Waals surface area contributed by atoms with Crippen LogP contribution in [0.5, 0.6) is 0 Å². The zero-order valence-electron chi connectivity index (χ0n) is 24.5. The highest BCUT2D eigenvalue weighted by atomic mass is 16.9. The fourth-order valence-electron chi connectivity index (χ4n) is 9.58. The highest BCUT2D eigenvalue weighted by molar-refractivity contribution is 5.89. The van der Waals surface area contributed by atoms with Gasteiger partial charge in [0.05, 0.1) is 17.3 Å². The molecule has 2 aromatic carbocycles. The maximum Gasteiger partial charge on any atom is 0.338 e. The van der Waals surface area contributed by atoms with E-state index in [4.69, 9.17) is 23.7 Å². The Morgan fingerprint density at radius 3 is 2.35 bits per heavy atom. The summed E-state index contributed by atoms with van der Waals surface area (Å²) in [6.07, 6.45) is -3.25. The fraction of sp³-hybridized carbons (Fsp3) is 0.559. The van der Waals surface area contributed by atoms with E-state index in [0.29, 0.717) is 24.0 Å². The van der Waals surface area contributed by atoms with Crippen LogP contribution >= 0.6 is 0 Å². The monoisotopic (exact) mass is 590 g/mol. The number of carbonyl (C=O) groups is 1. The van der Waals surface area contributed by atoms with Gasteiger partial charge < -0.3 is 39.0 Å². The second-order valence-electron chi connectivity index (χ2n) is 13.8. The number of benzene rings is 2. The highest BCUT2D eigenvalue weighted by Crippen LogP contribution is 2.74. The summed E-state index contributed by atoms with van der Waals surface area (Å²) in [6, 6.07) is 18.0. The van der Waals surface area contributed by atoms with E-state index in [1.165, 1.54) is 0 Å². The molecule has 9 nitrogen and oxygen atoms in total. The number of hydrogen-bond donors (Lipinski definition) is 3. The lowest BCUT2D eigenvalue weighted by Crippen LogP contribution is -2.72. The predicted molar refractivity (Wildman–Crippen MR) is 151 cm³/mol. The largest absolute Gasteiger partial charge is 0.459 e. The van der Waals surface area contributed by atoms with Crippen LogP contribution in [-0.4, -0.2) is 74.7 Å². The lowest BCUT2D eigenvalue weighted by atomic mass is 9.54. The molecule has 0 unspecified atom stereocenters. The summed E-state index contributed by atoms with van der Waals surface area (Å²) in [5, 5.41) is 36.4. The molecule has 0 spiro atoms. The number of aliphatic hydroxyl groups excluding tert-OH is 2. The van der Waals surface area contributed by atoms with Crippen molar-refractivity contribution in [2.75, 3.05) is 6.61 Å². The van der Waals surface area contributed by atoms with Crippen molar-refractivity contribution in [1.82, 2.24) is 0 Å². The first kappa shape index (κ1) is 27.9. The molecular weight excluding hydrogens is 552 g/mol. The van der Waals surface area contributed by atoms with Crippen molar-refractivity contribution in [2.45, 2.75) is 86.4 Å². The Hall–Kier alpha value is -2.63. The number of fused-ring (bicyclic) bond motifs is 3. The predicted octanol–water partition coefficient (Wildman–Crippen LogP) is 3.07. The third-order valence-electron chi connectivity index (χ3n) is 11.6. The summed E-state index contributed by atoms with van der Waals surface area (Å²) >= 11 is 0. The Morgan fingerprint density at radius 1 is 1.00 bits per heavy atom. The van der Waals surface area contributed by atoms with E-state index in [1.54, 1.807) is 30.3 Å². The lowest BCUT2D eigenvalue weighted by Gasteiger charge is -2.60. The molecule has 0 radical (unpaired) electrons. The summed E-state index contributed by atoms with van der Waals surface area (Å²) in [6.45, 7) is 9.89. The molecule has 13 atom stereocenters. The first-order valence-corrected chi connectivity index (χ1v) is 15.2. The Labute approximate surface area is 250 Å². The summed E-state index contributed by atoms with van der Waals surface area (Å²) < 4.78 is 33.2. The maximum atomic E-state index is 13.0. The van der Waals surface area contributed by atoms with E-state index in [9.17, 15) is 20.1 Å². The Balaban J connectivity index is 1.29. The SMILES string of the molecule is C=C(C)[C@@]12C[C@H](C)[C@]34O[C@@](c5ccccc5)(O[C@H]1[C@H]3[C@H]1O[C@@]1(COC(=O)c1ccccc1)[C@H](O)[C@@]1(O)[C@H](O)[C@H](C)C[C@@H]14)O2. The Bertz CT molecular complexity index is 1480. The average Bonchev–Trinajstić information content (AvgIpc) is 3.63. The average molecular weight is 591 g/mol. The van der Waals surface area contributed by atoms with Crippen LogP contribution in [0.15, 0.2) is 72.8 Å². The summed E-state index contributed by atoms with van der Waals surface area (Å²) in [5.41, 5.74) is -3.76. The summed E-state index contributed by atoms with van der Waals surface area (Å²) in [4.78, 5) is 13.0. The second kappa shape index (κ2) is 8.75. The highest BCUT2D eigenvalue weighted by Gasteiger charge is 2.89. The molecule has 0 amide bonds. The van der Waals surface area contributed by atoms with Gasteiger partial charge in [0, 0.05) is 17.4 Å². The molecule has 9 heteroatoms. The van der Waals surface area contributed by atoms with Crippen molar-refractivity contribution in [3.8, 4) is 0 Å². The summed E-state index contributed by atoms with van der Waals surface area (Å²) in [5.74, 6) is -3.96. The minimum atomic E-state index is -2.02. The van der Waals surface area contributed by atoms with Gasteiger partial charge in [0.2, 0.25) is 0 Å². The standard InChI is InChI=1S/C34H38O9/c1-18(2)30-16-20(4)33-23-15-19(3)25(35)32(23,38)29(37)31(17-39-28(36)21-11-7-5-8-12-21)27(40-31)24(33)26(30)41-34(42-30,43-33)22-13-9-6-10-14-22/h5-14,19-20,23-27,29,35,37-38H,1,15-17H2,2-4H3/t19-,20+,23+,24+,25-,26+,27-,29+,30+,31-,32+,33-,34+/m1/s1. The van der Waals surface area contributed by atoms with Gasteiger partial charge in [0.25, 0.3) is 0 Å². The van der Waals surface area contributed by atoms with Gasteiger partial charge in [-0.25, -0.2) is 4.79 Å². The minimum absolute atomic E-state index is 0.215. The van der Waals surface area contributed by atoms with E-state index >= 15 is 0 Å².